The number of aromatic nitrogens is 1. The molecule has 25 heavy (non-hydrogen) atoms. The lowest BCUT2D eigenvalue weighted by Gasteiger charge is -2.32. The highest BCUT2D eigenvalue weighted by Crippen LogP contribution is 2.34. The average molecular weight is 353 g/mol. The molecule has 0 radical (unpaired) electrons. The van der Waals surface area contributed by atoms with Crippen molar-refractivity contribution in [2.24, 2.45) is 0 Å². The predicted octanol–water partition coefficient (Wildman–Crippen LogP) is 5.26. The van der Waals surface area contributed by atoms with Gasteiger partial charge in [0.05, 0.1) is 5.00 Å². The van der Waals surface area contributed by atoms with Crippen molar-refractivity contribution in [2.75, 3.05) is 18.4 Å². The number of aryl methyl sites for hydroxylation is 2. The Morgan fingerprint density at radius 1 is 1.24 bits per heavy atom. The zero-order valence-corrected chi connectivity index (χ0v) is 15.5. The van der Waals surface area contributed by atoms with Crippen molar-refractivity contribution in [3.8, 4) is 0 Å². The molecule has 3 heterocycles. The first-order valence-electron chi connectivity index (χ1n) is 8.80. The van der Waals surface area contributed by atoms with Crippen molar-refractivity contribution in [3.05, 3.63) is 52.5 Å². The van der Waals surface area contributed by atoms with Crippen molar-refractivity contribution in [3.63, 3.8) is 0 Å². The molecule has 1 aliphatic heterocycles. The molecule has 2 N–H and O–H groups in total. The van der Waals surface area contributed by atoms with E-state index in [0.29, 0.717) is 5.92 Å². The summed E-state index contributed by atoms with van der Waals surface area (Å²) in [7, 11) is 0. The Morgan fingerprint density at radius 3 is 2.76 bits per heavy atom. The molecule has 1 aliphatic rings. The number of urea groups is 1. The molecule has 0 aliphatic carbocycles. The normalized spacial score (nSPS) is 15.7. The molecule has 0 spiro atoms. The Hall–Kier alpha value is -2.27. The monoisotopic (exact) mass is 353 g/mol. The second-order valence-electron chi connectivity index (χ2n) is 6.88. The number of fused-ring (bicyclic) bond motifs is 1. The maximum Gasteiger partial charge on any atom is 0.322 e. The Balaban J connectivity index is 1.45. The topological polar surface area (TPSA) is 48.1 Å². The van der Waals surface area contributed by atoms with E-state index in [0.717, 1.165) is 30.9 Å². The van der Waals surface area contributed by atoms with Gasteiger partial charge in [0.2, 0.25) is 0 Å². The van der Waals surface area contributed by atoms with Crippen molar-refractivity contribution >= 4 is 33.3 Å². The third kappa shape index (κ3) is 3.16. The highest BCUT2D eigenvalue weighted by molar-refractivity contribution is 7.14. The van der Waals surface area contributed by atoms with Crippen LogP contribution in [0.2, 0.25) is 0 Å². The third-order valence-electron chi connectivity index (χ3n) is 5.19. The first-order chi connectivity index (χ1) is 12.1. The first-order valence-corrected chi connectivity index (χ1v) is 9.68. The fourth-order valence-corrected chi connectivity index (χ4v) is 4.38. The fourth-order valence-electron chi connectivity index (χ4n) is 3.77. The van der Waals surface area contributed by atoms with Crippen LogP contribution in [0, 0.1) is 13.8 Å². The molecule has 2 amide bonds. The van der Waals surface area contributed by atoms with Gasteiger partial charge in [0.1, 0.15) is 0 Å². The molecule has 2 aromatic heterocycles. The van der Waals surface area contributed by atoms with Gasteiger partial charge in [-0.3, -0.25) is 5.32 Å². The number of carbonyl (C=O) groups is 1. The van der Waals surface area contributed by atoms with Gasteiger partial charge in [0.25, 0.3) is 0 Å². The van der Waals surface area contributed by atoms with Crippen LogP contribution in [-0.2, 0) is 0 Å². The third-order valence-corrected chi connectivity index (χ3v) is 5.98. The lowest BCUT2D eigenvalue weighted by atomic mass is 9.91. The van der Waals surface area contributed by atoms with Crippen molar-refractivity contribution in [1.82, 2.24) is 9.88 Å². The zero-order chi connectivity index (χ0) is 17.4. The summed E-state index contributed by atoms with van der Waals surface area (Å²) in [5, 5.41) is 7.20. The Labute approximate surface area is 151 Å². The Kier molecular flexibility index (Phi) is 4.25. The number of amides is 2. The average Bonchev–Trinajstić information content (AvgIpc) is 3.23. The summed E-state index contributed by atoms with van der Waals surface area (Å²) in [6, 6.07) is 10.5. The molecule has 0 atom stereocenters. The van der Waals surface area contributed by atoms with E-state index in [1.165, 1.54) is 27.7 Å². The van der Waals surface area contributed by atoms with Crippen LogP contribution in [-0.4, -0.2) is 29.0 Å². The van der Waals surface area contributed by atoms with Crippen LogP contribution in [0.15, 0.2) is 35.7 Å². The Bertz CT molecular complexity index is 889. The van der Waals surface area contributed by atoms with Crippen LogP contribution in [0.1, 0.15) is 35.6 Å². The van der Waals surface area contributed by atoms with Gasteiger partial charge in [-0.2, -0.15) is 0 Å². The van der Waals surface area contributed by atoms with E-state index < -0.39 is 0 Å². The molecule has 1 aromatic carbocycles. The number of thiophene rings is 1. The van der Waals surface area contributed by atoms with E-state index in [4.69, 9.17) is 0 Å². The second kappa shape index (κ2) is 6.56. The minimum Gasteiger partial charge on any atom is -0.358 e. The number of likely N-dealkylation sites (tertiary alicyclic amines) is 1. The van der Waals surface area contributed by atoms with E-state index in [2.05, 4.69) is 42.3 Å². The van der Waals surface area contributed by atoms with Crippen LogP contribution in [0.25, 0.3) is 10.9 Å². The standard InChI is InChI=1S/C20H23N3OS/c1-13-5-6-17-16(12-13)14(2)19(21-17)15-7-9-23(10-8-15)20(24)22-18-4-3-11-25-18/h3-6,11-12,15,21H,7-10H2,1-2H3,(H,22,24). The summed E-state index contributed by atoms with van der Waals surface area (Å²) < 4.78 is 0. The van der Waals surface area contributed by atoms with E-state index in [-0.39, 0.29) is 6.03 Å². The predicted molar refractivity (Wildman–Crippen MR) is 105 cm³/mol. The largest absolute Gasteiger partial charge is 0.358 e. The van der Waals surface area contributed by atoms with Gasteiger partial charge in [0.15, 0.2) is 0 Å². The summed E-state index contributed by atoms with van der Waals surface area (Å²) in [6.45, 7) is 5.95. The molecular weight excluding hydrogens is 330 g/mol. The molecule has 1 fully saturated rings. The van der Waals surface area contributed by atoms with Gasteiger partial charge < -0.3 is 9.88 Å². The molecular formula is C20H23N3OS. The molecule has 1 saturated heterocycles. The molecule has 4 nitrogen and oxygen atoms in total. The van der Waals surface area contributed by atoms with E-state index in [1.807, 2.05) is 22.4 Å². The van der Waals surface area contributed by atoms with E-state index in [9.17, 15) is 4.79 Å². The SMILES string of the molecule is Cc1ccc2[nH]c(C3CCN(C(=O)Nc4cccs4)CC3)c(C)c2c1. The molecule has 130 valence electrons. The van der Waals surface area contributed by atoms with Gasteiger partial charge in [-0.25, -0.2) is 4.79 Å². The van der Waals surface area contributed by atoms with E-state index in [1.54, 1.807) is 11.3 Å². The molecule has 4 rings (SSSR count). The number of hydrogen-bond acceptors (Lipinski definition) is 2. The number of carbonyl (C=O) groups excluding carboxylic acids is 1. The summed E-state index contributed by atoms with van der Waals surface area (Å²) in [5.41, 5.74) is 5.22. The summed E-state index contributed by atoms with van der Waals surface area (Å²) >= 11 is 1.55. The molecule has 3 aromatic rings. The minimum atomic E-state index is 0.0184. The lowest BCUT2D eigenvalue weighted by Crippen LogP contribution is -2.40. The van der Waals surface area contributed by atoms with Crippen molar-refractivity contribution < 1.29 is 4.79 Å². The van der Waals surface area contributed by atoms with Crippen LogP contribution in [0.5, 0.6) is 0 Å². The number of nitrogens with one attached hydrogen (secondary N) is 2. The van der Waals surface area contributed by atoms with Crippen LogP contribution < -0.4 is 5.32 Å². The number of piperidine rings is 1. The summed E-state index contributed by atoms with van der Waals surface area (Å²) in [5.74, 6) is 0.499. The highest BCUT2D eigenvalue weighted by atomic mass is 32.1. The maximum atomic E-state index is 12.4. The number of aromatic amines is 1. The van der Waals surface area contributed by atoms with Gasteiger partial charge in [0, 0.05) is 35.6 Å². The molecule has 0 saturated carbocycles. The molecule has 0 bridgehead atoms. The number of nitrogens with zero attached hydrogens (tertiary/aromatic N) is 1. The van der Waals surface area contributed by atoms with Gasteiger partial charge >= 0.3 is 6.03 Å². The minimum absolute atomic E-state index is 0.0184. The Morgan fingerprint density at radius 2 is 2.04 bits per heavy atom. The molecule has 5 heteroatoms. The quantitative estimate of drug-likeness (QED) is 0.649. The van der Waals surface area contributed by atoms with E-state index >= 15 is 0 Å². The number of anilines is 1. The molecule has 0 unspecified atom stereocenters. The van der Waals surface area contributed by atoms with Crippen LogP contribution in [0.4, 0.5) is 9.80 Å². The second-order valence-corrected chi connectivity index (χ2v) is 7.83. The number of H-pyrrole nitrogens is 1. The lowest BCUT2D eigenvalue weighted by molar-refractivity contribution is 0.194. The van der Waals surface area contributed by atoms with Gasteiger partial charge in [-0.05, 0) is 61.9 Å². The van der Waals surface area contributed by atoms with Crippen LogP contribution >= 0.6 is 11.3 Å². The van der Waals surface area contributed by atoms with Gasteiger partial charge in [-0.15, -0.1) is 11.3 Å². The summed E-state index contributed by atoms with van der Waals surface area (Å²) in [4.78, 5) is 17.9. The van der Waals surface area contributed by atoms with Crippen molar-refractivity contribution in [2.45, 2.75) is 32.6 Å². The number of benzene rings is 1. The van der Waals surface area contributed by atoms with Crippen molar-refractivity contribution in [1.29, 1.82) is 0 Å². The summed E-state index contributed by atoms with van der Waals surface area (Å²) in [6.07, 6.45) is 2.01. The number of rotatable bonds is 2. The zero-order valence-electron chi connectivity index (χ0n) is 14.6. The smallest absolute Gasteiger partial charge is 0.322 e. The highest BCUT2D eigenvalue weighted by Gasteiger charge is 2.26. The fraction of sp³-hybridized carbons (Fsp3) is 0.350. The maximum absolute atomic E-state index is 12.4. The number of hydrogen-bond donors (Lipinski definition) is 2. The van der Waals surface area contributed by atoms with Gasteiger partial charge in [-0.1, -0.05) is 11.6 Å². The van der Waals surface area contributed by atoms with Crippen LogP contribution in [0.3, 0.4) is 0 Å². The first kappa shape index (κ1) is 16.2.